The Morgan fingerprint density at radius 1 is 1.39 bits per heavy atom. The van der Waals surface area contributed by atoms with Gasteiger partial charge in [0.05, 0.1) is 5.92 Å². The summed E-state index contributed by atoms with van der Waals surface area (Å²) in [6.45, 7) is 0.638. The number of nitrogens with two attached hydrogens (primary N) is 1. The highest BCUT2D eigenvalue weighted by molar-refractivity contribution is 5.79. The lowest BCUT2D eigenvalue weighted by Crippen LogP contribution is -2.44. The molecule has 1 saturated carbocycles. The molecule has 2 atom stereocenters. The lowest BCUT2D eigenvalue weighted by molar-refractivity contribution is -0.126. The van der Waals surface area contributed by atoms with Gasteiger partial charge < -0.3 is 11.1 Å². The molecule has 0 bridgehead atoms. The third kappa shape index (κ3) is 3.53. The van der Waals surface area contributed by atoms with E-state index in [4.69, 9.17) is 5.73 Å². The molecular formula is C14H21N3O. The molecule has 2 unspecified atom stereocenters. The van der Waals surface area contributed by atoms with Crippen LogP contribution in [0.15, 0.2) is 24.4 Å². The molecule has 1 fully saturated rings. The fraction of sp³-hybridized carbons (Fsp3) is 0.571. The van der Waals surface area contributed by atoms with Crippen LogP contribution in [0.3, 0.4) is 0 Å². The molecule has 3 N–H and O–H groups in total. The van der Waals surface area contributed by atoms with Crippen molar-refractivity contribution in [2.24, 2.45) is 11.7 Å². The number of nitrogens with zero attached hydrogens (tertiary/aromatic N) is 1. The summed E-state index contributed by atoms with van der Waals surface area (Å²) in [6, 6.07) is 5.86. The Balaban J connectivity index is 1.74. The zero-order valence-corrected chi connectivity index (χ0v) is 10.6. The highest BCUT2D eigenvalue weighted by atomic mass is 16.1. The minimum absolute atomic E-state index is 0.00230. The van der Waals surface area contributed by atoms with Crippen molar-refractivity contribution in [3.63, 3.8) is 0 Å². The first-order chi connectivity index (χ1) is 8.77. The highest BCUT2D eigenvalue weighted by Gasteiger charge is 2.27. The first-order valence-electron chi connectivity index (χ1n) is 6.70. The lowest BCUT2D eigenvalue weighted by Gasteiger charge is -2.27. The van der Waals surface area contributed by atoms with E-state index in [0.717, 1.165) is 37.8 Å². The van der Waals surface area contributed by atoms with E-state index in [0.29, 0.717) is 6.54 Å². The predicted octanol–water partition coefficient (Wildman–Crippen LogP) is 1.26. The van der Waals surface area contributed by atoms with Crippen LogP contribution in [-0.4, -0.2) is 23.5 Å². The Labute approximate surface area is 108 Å². The van der Waals surface area contributed by atoms with Crippen molar-refractivity contribution in [3.8, 4) is 0 Å². The van der Waals surface area contributed by atoms with Gasteiger partial charge in [0, 0.05) is 30.9 Å². The van der Waals surface area contributed by atoms with Crippen molar-refractivity contribution in [1.82, 2.24) is 10.3 Å². The Hall–Kier alpha value is -1.42. The quantitative estimate of drug-likeness (QED) is 0.841. The van der Waals surface area contributed by atoms with Gasteiger partial charge in [-0.15, -0.1) is 0 Å². The molecule has 1 heterocycles. The van der Waals surface area contributed by atoms with Crippen LogP contribution in [0.1, 0.15) is 31.4 Å². The molecule has 0 spiro atoms. The van der Waals surface area contributed by atoms with Gasteiger partial charge in [-0.3, -0.25) is 9.78 Å². The molecule has 1 amide bonds. The molecule has 4 nitrogen and oxygen atoms in total. The van der Waals surface area contributed by atoms with Gasteiger partial charge in [0.2, 0.25) is 5.91 Å². The number of nitrogens with one attached hydrogen (secondary N) is 1. The highest BCUT2D eigenvalue weighted by Crippen LogP contribution is 2.22. The normalized spacial score (nSPS) is 23.6. The average molecular weight is 247 g/mol. The molecule has 1 aliphatic carbocycles. The number of amides is 1. The van der Waals surface area contributed by atoms with Gasteiger partial charge in [0.25, 0.3) is 0 Å². The molecule has 1 aromatic rings. The minimum atomic E-state index is 0.00230. The maximum atomic E-state index is 12.0. The van der Waals surface area contributed by atoms with E-state index in [1.54, 1.807) is 6.20 Å². The summed E-state index contributed by atoms with van der Waals surface area (Å²) in [5.74, 6) is 0.112. The minimum Gasteiger partial charge on any atom is -0.355 e. The van der Waals surface area contributed by atoms with Crippen LogP contribution in [-0.2, 0) is 11.2 Å². The van der Waals surface area contributed by atoms with E-state index in [1.807, 2.05) is 18.2 Å². The van der Waals surface area contributed by atoms with Gasteiger partial charge in [-0.2, -0.15) is 0 Å². The third-order valence-electron chi connectivity index (χ3n) is 3.56. The average Bonchev–Trinajstić information content (AvgIpc) is 2.40. The first-order valence-corrected chi connectivity index (χ1v) is 6.70. The van der Waals surface area contributed by atoms with Gasteiger partial charge in [-0.05, 0) is 25.0 Å². The Morgan fingerprint density at radius 2 is 2.22 bits per heavy atom. The fourth-order valence-electron chi connectivity index (χ4n) is 2.48. The second kappa shape index (κ2) is 6.50. The summed E-state index contributed by atoms with van der Waals surface area (Å²) < 4.78 is 0. The van der Waals surface area contributed by atoms with Gasteiger partial charge in [-0.25, -0.2) is 0 Å². The van der Waals surface area contributed by atoms with Crippen LogP contribution in [0.2, 0.25) is 0 Å². The van der Waals surface area contributed by atoms with E-state index in [9.17, 15) is 4.79 Å². The summed E-state index contributed by atoms with van der Waals surface area (Å²) in [4.78, 5) is 16.2. The topological polar surface area (TPSA) is 68.0 Å². The molecule has 18 heavy (non-hydrogen) atoms. The van der Waals surface area contributed by atoms with Crippen LogP contribution in [0, 0.1) is 5.92 Å². The molecule has 0 saturated heterocycles. The Bertz CT molecular complexity index is 380. The standard InChI is InChI=1S/C14H21N3O/c15-13-7-2-1-6-12(13)14(18)17-10-8-11-5-3-4-9-16-11/h3-5,9,12-13H,1-2,6-8,10,15H2,(H,17,18). The van der Waals surface area contributed by atoms with Crippen molar-refractivity contribution in [3.05, 3.63) is 30.1 Å². The summed E-state index contributed by atoms with van der Waals surface area (Å²) in [5, 5.41) is 2.97. The van der Waals surface area contributed by atoms with E-state index in [-0.39, 0.29) is 17.9 Å². The van der Waals surface area contributed by atoms with Gasteiger partial charge in [-0.1, -0.05) is 18.9 Å². The fourth-order valence-corrected chi connectivity index (χ4v) is 2.48. The van der Waals surface area contributed by atoms with Gasteiger partial charge in [0.15, 0.2) is 0 Å². The Kier molecular flexibility index (Phi) is 4.70. The number of aromatic nitrogens is 1. The molecule has 0 radical (unpaired) electrons. The van der Waals surface area contributed by atoms with Crippen LogP contribution >= 0.6 is 0 Å². The molecule has 4 heteroatoms. The van der Waals surface area contributed by atoms with E-state index >= 15 is 0 Å². The van der Waals surface area contributed by atoms with Crippen molar-refractivity contribution in [2.75, 3.05) is 6.54 Å². The summed E-state index contributed by atoms with van der Waals surface area (Å²) in [7, 11) is 0. The number of pyridine rings is 1. The number of carbonyl (C=O) groups is 1. The molecular weight excluding hydrogens is 226 g/mol. The molecule has 0 aliphatic heterocycles. The van der Waals surface area contributed by atoms with Crippen molar-refractivity contribution >= 4 is 5.91 Å². The lowest BCUT2D eigenvalue weighted by atomic mass is 9.84. The van der Waals surface area contributed by atoms with Crippen molar-refractivity contribution in [1.29, 1.82) is 0 Å². The van der Waals surface area contributed by atoms with Crippen LogP contribution in [0.4, 0.5) is 0 Å². The molecule has 0 aromatic carbocycles. The molecule has 2 rings (SSSR count). The smallest absolute Gasteiger partial charge is 0.224 e. The van der Waals surface area contributed by atoms with Crippen molar-refractivity contribution < 1.29 is 4.79 Å². The monoisotopic (exact) mass is 247 g/mol. The second-order valence-electron chi connectivity index (χ2n) is 4.92. The summed E-state index contributed by atoms with van der Waals surface area (Å²) >= 11 is 0. The first kappa shape index (κ1) is 13.0. The van der Waals surface area contributed by atoms with Crippen LogP contribution in [0.5, 0.6) is 0 Å². The molecule has 98 valence electrons. The number of hydrogen-bond acceptors (Lipinski definition) is 3. The maximum absolute atomic E-state index is 12.0. The zero-order chi connectivity index (χ0) is 12.8. The third-order valence-corrected chi connectivity index (χ3v) is 3.56. The Morgan fingerprint density at radius 3 is 2.94 bits per heavy atom. The SMILES string of the molecule is NC1CCCCC1C(=O)NCCc1ccccn1. The zero-order valence-electron chi connectivity index (χ0n) is 10.6. The van der Waals surface area contributed by atoms with Crippen LogP contribution < -0.4 is 11.1 Å². The summed E-state index contributed by atoms with van der Waals surface area (Å²) in [5.41, 5.74) is 6.99. The number of carbonyl (C=O) groups excluding carboxylic acids is 1. The van der Waals surface area contributed by atoms with Gasteiger partial charge in [0.1, 0.15) is 0 Å². The van der Waals surface area contributed by atoms with Gasteiger partial charge >= 0.3 is 0 Å². The maximum Gasteiger partial charge on any atom is 0.224 e. The van der Waals surface area contributed by atoms with E-state index in [2.05, 4.69) is 10.3 Å². The number of rotatable bonds is 4. The second-order valence-corrected chi connectivity index (χ2v) is 4.92. The van der Waals surface area contributed by atoms with E-state index < -0.39 is 0 Å². The largest absolute Gasteiger partial charge is 0.355 e. The van der Waals surface area contributed by atoms with Crippen LogP contribution in [0.25, 0.3) is 0 Å². The number of hydrogen-bond donors (Lipinski definition) is 2. The molecule has 1 aromatic heterocycles. The molecule has 1 aliphatic rings. The summed E-state index contributed by atoms with van der Waals surface area (Å²) in [6.07, 6.45) is 6.71. The predicted molar refractivity (Wildman–Crippen MR) is 70.9 cm³/mol. The van der Waals surface area contributed by atoms with E-state index in [1.165, 1.54) is 0 Å². The van der Waals surface area contributed by atoms with Crippen molar-refractivity contribution in [2.45, 2.75) is 38.1 Å².